The number of rotatable bonds is 6. The minimum atomic E-state index is -1.48. The van der Waals surface area contributed by atoms with Crippen LogP contribution in [0.3, 0.4) is 0 Å². The second-order valence-electron chi connectivity index (χ2n) is 4.95. The predicted molar refractivity (Wildman–Crippen MR) is 88.6 cm³/mol. The SMILES string of the molecule is N#CC(N=Nc1cc(C(=O)O)ccc1O)N=Nc1cc(C(=O)O)ccc1O. The molecule has 0 spiro atoms. The fourth-order valence-electron chi connectivity index (χ4n) is 1.78. The van der Waals surface area contributed by atoms with Crippen LogP contribution in [0.2, 0.25) is 0 Å². The molecule has 0 heterocycles. The van der Waals surface area contributed by atoms with Gasteiger partial charge in [-0.3, -0.25) is 0 Å². The average Bonchev–Trinajstić information content (AvgIpc) is 2.63. The highest BCUT2D eigenvalue weighted by molar-refractivity contribution is 5.89. The number of carboxylic acids is 2. The molecule has 11 nitrogen and oxygen atoms in total. The maximum absolute atomic E-state index is 10.9. The molecule has 27 heavy (non-hydrogen) atoms. The molecule has 0 aliphatic heterocycles. The highest BCUT2D eigenvalue weighted by Gasteiger charge is 2.10. The minimum Gasteiger partial charge on any atom is -0.506 e. The molecular weight excluding hydrogens is 358 g/mol. The van der Waals surface area contributed by atoms with Gasteiger partial charge in [0.05, 0.1) is 11.1 Å². The van der Waals surface area contributed by atoms with Crippen LogP contribution < -0.4 is 0 Å². The van der Waals surface area contributed by atoms with E-state index in [1.807, 2.05) is 0 Å². The zero-order valence-electron chi connectivity index (χ0n) is 13.4. The van der Waals surface area contributed by atoms with Gasteiger partial charge in [-0.15, -0.1) is 20.5 Å². The lowest BCUT2D eigenvalue weighted by atomic mass is 10.2. The summed E-state index contributed by atoms with van der Waals surface area (Å²) in [6.45, 7) is 0. The van der Waals surface area contributed by atoms with Crippen LogP contribution in [-0.2, 0) is 0 Å². The summed E-state index contributed by atoms with van der Waals surface area (Å²) in [7, 11) is 0. The van der Waals surface area contributed by atoms with E-state index in [0.717, 1.165) is 36.4 Å². The van der Waals surface area contributed by atoms with E-state index in [-0.39, 0.29) is 34.0 Å². The number of hydrogen-bond acceptors (Lipinski definition) is 9. The summed E-state index contributed by atoms with van der Waals surface area (Å²) in [6, 6.07) is 8.28. The Balaban J connectivity index is 2.25. The molecule has 2 rings (SSSR count). The monoisotopic (exact) mass is 369 g/mol. The second kappa shape index (κ2) is 8.17. The fraction of sp³-hybridized carbons (Fsp3) is 0.0625. The van der Waals surface area contributed by atoms with Gasteiger partial charge in [0.25, 0.3) is 6.17 Å². The van der Waals surface area contributed by atoms with Crippen molar-refractivity contribution in [2.45, 2.75) is 6.17 Å². The van der Waals surface area contributed by atoms with Crippen LogP contribution >= 0.6 is 0 Å². The zero-order valence-corrected chi connectivity index (χ0v) is 13.4. The molecule has 0 atom stereocenters. The number of carboxylic acid groups (broad SMARTS) is 2. The van der Waals surface area contributed by atoms with E-state index in [1.54, 1.807) is 6.07 Å². The molecule has 0 aliphatic rings. The molecule has 2 aromatic rings. The first kappa shape index (κ1) is 19.0. The number of nitriles is 1. The number of phenols is 2. The molecule has 0 aromatic heterocycles. The van der Waals surface area contributed by atoms with Crippen LogP contribution in [0, 0.1) is 11.3 Å². The Labute approximate surface area is 151 Å². The molecule has 0 unspecified atom stereocenters. The van der Waals surface area contributed by atoms with Crippen LogP contribution in [0.15, 0.2) is 56.9 Å². The molecule has 0 fully saturated rings. The molecule has 2 aromatic carbocycles. The van der Waals surface area contributed by atoms with Gasteiger partial charge in [0, 0.05) is 0 Å². The predicted octanol–water partition coefficient (Wildman–Crippen LogP) is 3.21. The summed E-state index contributed by atoms with van der Waals surface area (Å²) in [5.74, 6) is -3.19. The maximum Gasteiger partial charge on any atom is 0.335 e. The Morgan fingerprint density at radius 3 is 1.59 bits per heavy atom. The summed E-state index contributed by atoms with van der Waals surface area (Å²) >= 11 is 0. The van der Waals surface area contributed by atoms with E-state index < -0.39 is 18.1 Å². The minimum absolute atomic E-state index is 0.146. The molecule has 0 bridgehead atoms. The third-order valence-corrected chi connectivity index (χ3v) is 3.11. The van der Waals surface area contributed by atoms with E-state index in [4.69, 9.17) is 15.5 Å². The van der Waals surface area contributed by atoms with Crippen LogP contribution in [0.5, 0.6) is 11.5 Å². The van der Waals surface area contributed by atoms with Crippen LogP contribution in [-0.4, -0.2) is 38.5 Å². The second-order valence-corrected chi connectivity index (χ2v) is 4.95. The van der Waals surface area contributed by atoms with Crippen molar-refractivity contribution >= 4 is 23.3 Å². The Kier molecular flexibility index (Phi) is 5.75. The number of aromatic hydroxyl groups is 2. The average molecular weight is 369 g/mol. The van der Waals surface area contributed by atoms with Crippen molar-refractivity contribution in [1.29, 1.82) is 5.26 Å². The molecule has 0 aliphatic carbocycles. The molecule has 0 saturated heterocycles. The summed E-state index contributed by atoms with van der Waals surface area (Å²) in [4.78, 5) is 21.8. The molecule has 11 heteroatoms. The van der Waals surface area contributed by atoms with Crippen molar-refractivity contribution < 1.29 is 30.0 Å². The van der Waals surface area contributed by atoms with Gasteiger partial charge in [-0.1, -0.05) is 0 Å². The van der Waals surface area contributed by atoms with Gasteiger partial charge in [-0.05, 0) is 36.4 Å². The van der Waals surface area contributed by atoms with Gasteiger partial charge in [-0.25, -0.2) is 9.59 Å². The normalized spacial score (nSPS) is 12.1. The topological polar surface area (TPSA) is 188 Å². The lowest BCUT2D eigenvalue weighted by Crippen LogP contribution is -1.96. The molecule has 0 radical (unpaired) electrons. The van der Waals surface area contributed by atoms with Crippen molar-refractivity contribution in [2.75, 3.05) is 0 Å². The Bertz CT molecular complexity index is 922. The van der Waals surface area contributed by atoms with Gasteiger partial charge < -0.3 is 20.4 Å². The third-order valence-electron chi connectivity index (χ3n) is 3.11. The van der Waals surface area contributed by atoms with Crippen LogP contribution in [0.25, 0.3) is 0 Å². The fourth-order valence-corrected chi connectivity index (χ4v) is 1.78. The first-order chi connectivity index (χ1) is 12.8. The van der Waals surface area contributed by atoms with E-state index >= 15 is 0 Å². The van der Waals surface area contributed by atoms with Gasteiger partial charge >= 0.3 is 11.9 Å². The summed E-state index contributed by atoms with van der Waals surface area (Å²) < 4.78 is 0. The smallest absolute Gasteiger partial charge is 0.335 e. The molecule has 136 valence electrons. The lowest BCUT2D eigenvalue weighted by Gasteiger charge is -2.01. The maximum atomic E-state index is 10.9. The number of carbonyl (C=O) groups is 2. The summed E-state index contributed by atoms with van der Waals surface area (Å²) in [5.41, 5.74) is -0.679. The first-order valence-electron chi connectivity index (χ1n) is 7.15. The van der Waals surface area contributed by atoms with Crippen molar-refractivity contribution in [3.05, 3.63) is 47.5 Å². The van der Waals surface area contributed by atoms with Crippen molar-refractivity contribution in [2.24, 2.45) is 20.5 Å². The Morgan fingerprint density at radius 1 is 0.852 bits per heavy atom. The van der Waals surface area contributed by atoms with Crippen molar-refractivity contribution in [3.63, 3.8) is 0 Å². The highest BCUT2D eigenvalue weighted by Crippen LogP contribution is 2.29. The molecule has 4 N–H and O–H groups in total. The Hall–Kier alpha value is -4.33. The van der Waals surface area contributed by atoms with Gasteiger partial charge in [0.1, 0.15) is 28.9 Å². The largest absolute Gasteiger partial charge is 0.506 e. The molecular formula is C16H11N5O6. The first-order valence-corrected chi connectivity index (χ1v) is 7.15. The Morgan fingerprint density at radius 2 is 1.26 bits per heavy atom. The number of benzene rings is 2. The van der Waals surface area contributed by atoms with E-state index in [2.05, 4.69) is 20.5 Å². The molecule has 0 amide bonds. The van der Waals surface area contributed by atoms with Crippen molar-refractivity contribution in [3.8, 4) is 17.6 Å². The van der Waals surface area contributed by atoms with Crippen LogP contribution in [0.1, 0.15) is 20.7 Å². The van der Waals surface area contributed by atoms with E-state index in [9.17, 15) is 19.8 Å². The third kappa shape index (κ3) is 4.83. The number of azo groups is 2. The number of nitrogens with zero attached hydrogens (tertiary/aromatic N) is 5. The number of aromatic carboxylic acids is 2. The highest BCUT2D eigenvalue weighted by atomic mass is 16.4. The van der Waals surface area contributed by atoms with Gasteiger partial charge in [0.15, 0.2) is 0 Å². The zero-order chi connectivity index (χ0) is 20.0. The standard InChI is InChI=1S/C16H11N5O6/c17-7-14(20-18-10-5-8(15(24)25)1-3-12(10)22)21-19-11-6-9(16(26)27)2-4-13(11)23/h1-6,14,22-23H,(H,24,25)(H,26,27). The summed E-state index contributed by atoms with van der Waals surface area (Å²) in [5, 5.41) is 60.4. The van der Waals surface area contributed by atoms with Gasteiger partial charge in [-0.2, -0.15) is 5.26 Å². The lowest BCUT2D eigenvalue weighted by molar-refractivity contribution is 0.0686. The summed E-state index contributed by atoms with van der Waals surface area (Å²) in [6.07, 6.45) is -1.48. The van der Waals surface area contributed by atoms with E-state index in [0.29, 0.717) is 0 Å². The quantitative estimate of drug-likeness (QED) is 0.562. The number of phenolic OH excluding ortho intramolecular Hbond substituents is 2. The van der Waals surface area contributed by atoms with E-state index in [1.165, 1.54) is 0 Å². The molecule has 0 saturated carbocycles. The van der Waals surface area contributed by atoms with Crippen molar-refractivity contribution in [1.82, 2.24) is 0 Å². The number of hydrogen-bond donors (Lipinski definition) is 4. The van der Waals surface area contributed by atoms with Gasteiger partial charge in [0.2, 0.25) is 0 Å². The van der Waals surface area contributed by atoms with Crippen LogP contribution in [0.4, 0.5) is 11.4 Å².